The van der Waals surface area contributed by atoms with Crippen LogP contribution in [0.25, 0.3) is 22.3 Å². The SMILES string of the molecule is O=C(O)Cn1cnc2c(NCCCNc3ncnc4c3ncn4CC(=O)O)ncnc21. The lowest BCUT2D eigenvalue weighted by atomic mass is 10.4. The van der Waals surface area contributed by atoms with E-state index in [1.807, 2.05) is 0 Å². The zero-order valence-corrected chi connectivity index (χ0v) is 16.1. The average Bonchev–Trinajstić information content (AvgIpc) is 3.32. The number of carboxylic acid groups (broad SMARTS) is 2. The van der Waals surface area contributed by atoms with Gasteiger partial charge in [-0.3, -0.25) is 9.59 Å². The summed E-state index contributed by atoms with van der Waals surface area (Å²) in [7, 11) is 0. The van der Waals surface area contributed by atoms with Crippen LogP contribution in [0.1, 0.15) is 6.42 Å². The molecule has 0 bridgehead atoms. The lowest BCUT2D eigenvalue weighted by Crippen LogP contribution is -2.12. The minimum atomic E-state index is -0.981. The molecule has 0 aliphatic heterocycles. The monoisotopic (exact) mass is 426 g/mol. The van der Waals surface area contributed by atoms with Crippen LogP contribution in [0, 0.1) is 0 Å². The third-order valence-electron chi connectivity index (χ3n) is 4.35. The maximum Gasteiger partial charge on any atom is 0.323 e. The second-order valence-corrected chi connectivity index (χ2v) is 6.53. The number of fused-ring (bicyclic) bond motifs is 2. The molecule has 0 fully saturated rings. The molecule has 0 saturated carbocycles. The fourth-order valence-corrected chi connectivity index (χ4v) is 3.04. The highest BCUT2D eigenvalue weighted by molar-refractivity contribution is 5.84. The fourth-order valence-electron chi connectivity index (χ4n) is 3.04. The van der Waals surface area contributed by atoms with Gasteiger partial charge < -0.3 is 30.0 Å². The quantitative estimate of drug-likeness (QED) is 0.250. The molecule has 0 atom stereocenters. The van der Waals surface area contributed by atoms with Gasteiger partial charge in [0.05, 0.1) is 12.7 Å². The standard InChI is InChI=1S/C17H18N10O4/c28-10(29)4-26-8-24-12-14(20-6-22-16(12)26)18-2-1-3-19-15-13-17(23-7-21-15)27(9-25-13)5-11(30)31/h6-9H,1-5H2,(H,28,29)(H,30,31)(H,18,20,22)(H,19,21,23). The van der Waals surface area contributed by atoms with E-state index in [2.05, 4.69) is 40.5 Å². The van der Waals surface area contributed by atoms with E-state index in [1.165, 1.54) is 34.4 Å². The van der Waals surface area contributed by atoms with Gasteiger partial charge in [0.2, 0.25) is 0 Å². The van der Waals surface area contributed by atoms with Crippen molar-refractivity contribution in [2.75, 3.05) is 23.7 Å². The molecule has 4 rings (SSSR count). The Kier molecular flexibility index (Phi) is 5.51. The number of imidazole rings is 2. The normalized spacial score (nSPS) is 11.1. The van der Waals surface area contributed by atoms with Crippen molar-refractivity contribution in [3.05, 3.63) is 25.3 Å². The van der Waals surface area contributed by atoms with Crippen molar-refractivity contribution >= 4 is 45.9 Å². The van der Waals surface area contributed by atoms with E-state index in [0.717, 1.165) is 0 Å². The first kappa shape index (κ1) is 19.9. The summed E-state index contributed by atoms with van der Waals surface area (Å²) in [6, 6.07) is 0. The molecule has 0 radical (unpaired) electrons. The van der Waals surface area contributed by atoms with Gasteiger partial charge in [0.25, 0.3) is 0 Å². The molecular weight excluding hydrogens is 408 g/mol. The predicted molar refractivity (Wildman–Crippen MR) is 108 cm³/mol. The van der Waals surface area contributed by atoms with Crippen molar-refractivity contribution < 1.29 is 19.8 Å². The average molecular weight is 426 g/mol. The van der Waals surface area contributed by atoms with Gasteiger partial charge in [0.1, 0.15) is 36.8 Å². The lowest BCUT2D eigenvalue weighted by molar-refractivity contribution is -0.138. The number of anilines is 2. The minimum absolute atomic E-state index is 0.230. The van der Waals surface area contributed by atoms with Crippen molar-refractivity contribution in [1.82, 2.24) is 39.0 Å². The molecule has 0 unspecified atom stereocenters. The van der Waals surface area contributed by atoms with Crippen LogP contribution in [-0.4, -0.2) is 74.3 Å². The molecular formula is C17H18N10O4. The lowest BCUT2D eigenvalue weighted by Gasteiger charge is -2.08. The number of nitrogens with one attached hydrogen (secondary N) is 2. The van der Waals surface area contributed by atoms with Gasteiger partial charge in [-0.05, 0) is 6.42 Å². The highest BCUT2D eigenvalue weighted by atomic mass is 16.4. The zero-order chi connectivity index (χ0) is 21.8. The molecule has 0 amide bonds. The maximum absolute atomic E-state index is 10.9. The fraction of sp³-hybridized carbons (Fsp3) is 0.294. The Hall–Kier alpha value is -4.36. The van der Waals surface area contributed by atoms with E-state index in [1.54, 1.807) is 0 Å². The maximum atomic E-state index is 10.9. The van der Waals surface area contributed by atoms with Crippen LogP contribution in [0.5, 0.6) is 0 Å². The van der Waals surface area contributed by atoms with Crippen molar-refractivity contribution in [3.63, 3.8) is 0 Å². The number of hydrogen-bond acceptors (Lipinski definition) is 10. The zero-order valence-electron chi connectivity index (χ0n) is 16.1. The molecule has 14 heteroatoms. The number of aliphatic carboxylic acids is 2. The Morgan fingerprint density at radius 2 is 1.19 bits per heavy atom. The highest BCUT2D eigenvalue weighted by Gasteiger charge is 2.13. The molecule has 0 aromatic carbocycles. The summed E-state index contributed by atoms with van der Waals surface area (Å²) >= 11 is 0. The summed E-state index contributed by atoms with van der Waals surface area (Å²) in [5.74, 6) is -0.924. The summed E-state index contributed by atoms with van der Waals surface area (Å²) in [6.45, 7) is 0.665. The van der Waals surface area contributed by atoms with Crippen LogP contribution in [0.4, 0.5) is 11.6 Å². The van der Waals surface area contributed by atoms with Gasteiger partial charge in [-0.2, -0.15) is 0 Å². The van der Waals surface area contributed by atoms with E-state index >= 15 is 0 Å². The van der Waals surface area contributed by atoms with E-state index in [-0.39, 0.29) is 13.1 Å². The predicted octanol–water partition coefficient (Wildman–Crippen LogP) is 0.0493. The molecule has 4 heterocycles. The number of nitrogens with zero attached hydrogens (tertiary/aromatic N) is 8. The second kappa shape index (κ2) is 8.56. The van der Waals surface area contributed by atoms with Gasteiger partial charge in [0.15, 0.2) is 22.9 Å². The molecule has 160 valence electrons. The van der Waals surface area contributed by atoms with E-state index < -0.39 is 11.9 Å². The summed E-state index contributed by atoms with van der Waals surface area (Å²) in [4.78, 5) is 46.8. The minimum Gasteiger partial charge on any atom is -0.480 e. The number of hydrogen-bond donors (Lipinski definition) is 4. The van der Waals surface area contributed by atoms with Crippen molar-refractivity contribution in [2.24, 2.45) is 0 Å². The van der Waals surface area contributed by atoms with Crippen LogP contribution in [0.2, 0.25) is 0 Å². The molecule has 4 aromatic rings. The first-order valence-electron chi connectivity index (χ1n) is 9.26. The molecule has 0 spiro atoms. The number of carboxylic acids is 2. The molecule has 0 saturated heterocycles. The van der Waals surface area contributed by atoms with Crippen molar-refractivity contribution in [1.29, 1.82) is 0 Å². The second-order valence-electron chi connectivity index (χ2n) is 6.53. The Morgan fingerprint density at radius 3 is 1.61 bits per heavy atom. The number of aromatic nitrogens is 8. The highest BCUT2D eigenvalue weighted by Crippen LogP contribution is 2.18. The van der Waals surface area contributed by atoms with E-state index in [9.17, 15) is 9.59 Å². The van der Waals surface area contributed by atoms with Crippen LogP contribution < -0.4 is 10.6 Å². The Bertz CT molecular complexity index is 1150. The van der Waals surface area contributed by atoms with Crippen molar-refractivity contribution in [2.45, 2.75) is 19.5 Å². The van der Waals surface area contributed by atoms with Crippen LogP contribution in [-0.2, 0) is 22.7 Å². The summed E-state index contributed by atoms with van der Waals surface area (Å²) < 4.78 is 2.88. The van der Waals surface area contributed by atoms with Crippen LogP contribution in [0.15, 0.2) is 25.3 Å². The number of carbonyl (C=O) groups is 2. The third kappa shape index (κ3) is 4.31. The Morgan fingerprint density at radius 1 is 0.742 bits per heavy atom. The smallest absolute Gasteiger partial charge is 0.323 e. The summed E-state index contributed by atoms with van der Waals surface area (Å²) in [6.07, 6.45) is 6.25. The van der Waals surface area contributed by atoms with Gasteiger partial charge in [-0.1, -0.05) is 0 Å². The summed E-state index contributed by atoms with van der Waals surface area (Å²) in [5, 5.41) is 24.3. The largest absolute Gasteiger partial charge is 0.480 e. The molecule has 31 heavy (non-hydrogen) atoms. The number of rotatable bonds is 10. The van der Waals surface area contributed by atoms with E-state index in [0.29, 0.717) is 53.5 Å². The Labute approximate surface area is 174 Å². The molecule has 14 nitrogen and oxygen atoms in total. The molecule has 0 aliphatic carbocycles. The van der Waals surface area contributed by atoms with Crippen molar-refractivity contribution in [3.8, 4) is 0 Å². The van der Waals surface area contributed by atoms with Gasteiger partial charge >= 0.3 is 11.9 Å². The van der Waals surface area contributed by atoms with Gasteiger partial charge in [-0.25, -0.2) is 29.9 Å². The van der Waals surface area contributed by atoms with Gasteiger partial charge in [0, 0.05) is 13.1 Å². The molecule has 0 aliphatic rings. The van der Waals surface area contributed by atoms with E-state index in [4.69, 9.17) is 10.2 Å². The Balaban J connectivity index is 1.35. The van der Waals surface area contributed by atoms with Crippen LogP contribution in [0.3, 0.4) is 0 Å². The van der Waals surface area contributed by atoms with Crippen LogP contribution >= 0.6 is 0 Å². The summed E-state index contributed by atoms with van der Waals surface area (Å²) in [5.41, 5.74) is 1.88. The molecule has 4 aromatic heterocycles. The first-order chi connectivity index (χ1) is 15.0. The third-order valence-corrected chi connectivity index (χ3v) is 4.35. The molecule has 4 N–H and O–H groups in total. The first-order valence-corrected chi connectivity index (χ1v) is 9.26. The van der Waals surface area contributed by atoms with Gasteiger partial charge in [-0.15, -0.1) is 0 Å². The topological polar surface area (TPSA) is 186 Å².